The summed E-state index contributed by atoms with van der Waals surface area (Å²) >= 11 is 0. The third-order valence-electron chi connectivity index (χ3n) is 4.20. The van der Waals surface area contributed by atoms with Gasteiger partial charge in [0.15, 0.2) is 0 Å². The van der Waals surface area contributed by atoms with E-state index in [1.807, 2.05) is 0 Å². The van der Waals surface area contributed by atoms with E-state index in [9.17, 15) is 4.79 Å². The van der Waals surface area contributed by atoms with Crippen molar-refractivity contribution >= 4 is 5.97 Å². The van der Waals surface area contributed by atoms with Crippen LogP contribution >= 0.6 is 0 Å². The lowest BCUT2D eigenvalue weighted by Gasteiger charge is -2.41. The molecule has 3 nitrogen and oxygen atoms in total. The summed E-state index contributed by atoms with van der Waals surface area (Å²) in [6, 6.07) is 0. The van der Waals surface area contributed by atoms with Crippen LogP contribution in [0.5, 0.6) is 0 Å². The topological polar surface area (TPSA) is 38.3 Å². The van der Waals surface area contributed by atoms with Crippen molar-refractivity contribution in [1.29, 1.82) is 0 Å². The maximum atomic E-state index is 12.1. The average molecular weight is 239 g/mol. The van der Waals surface area contributed by atoms with Gasteiger partial charge in [0.1, 0.15) is 5.54 Å². The molecule has 0 amide bonds. The number of esters is 1. The lowest BCUT2D eigenvalue weighted by Crippen LogP contribution is -2.57. The van der Waals surface area contributed by atoms with E-state index in [0.29, 0.717) is 11.8 Å². The molecule has 0 aliphatic heterocycles. The molecule has 2 unspecified atom stereocenters. The van der Waals surface area contributed by atoms with Crippen LogP contribution in [0.1, 0.15) is 46.0 Å². The van der Waals surface area contributed by atoms with E-state index < -0.39 is 5.54 Å². The fourth-order valence-corrected chi connectivity index (χ4v) is 3.37. The predicted molar refractivity (Wildman–Crippen MR) is 67.7 cm³/mol. The van der Waals surface area contributed by atoms with E-state index in [0.717, 1.165) is 25.3 Å². The van der Waals surface area contributed by atoms with Gasteiger partial charge in [0.05, 0.1) is 7.11 Å². The van der Waals surface area contributed by atoms with Crippen LogP contribution in [0.15, 0.2) is 0 Å². The van der Waals surface area contributed by atoms with Gasteiger partial charge in [-0.15, -0.1) is 0 Å². The first-order chi connectivity index (χ1) is 8.05. The number of nitrogens with one attached hydrogen (secondary N) is 1. The molecular weight excluding hydrogens is 214 g/mol. The normalized spacial score (nSPS) is 37.8. The standard InChI is InChI=1S/C14H25NO2/c1-10-6-11(2)8-14(7-10,13(16)17-3)15-9-12-4-5-12/h10-12,15H,4-9H2,1-3H3. The van der Waals surface area contributed by atoms with Crippen molar-refractivity contribution in [3.05, 3.63) is 0 Å². The molecule has 2 saturated carbocycles. The first-order valence-corrected chi connectivity index (χ1v) is 6.89. The molecule has 0 spiro atoms. The molecule has 2 rings (SSSR count). The van der Waals surface area contributed by atoms with Crippen LogP contribution in [0.2, 0.25) is 0 Å². The summed E-state index contributed by atoms with van der Waals surface area (Å²) in [5, 5.41) is 3.53. The van der Waals surface area contributed by atoms with Crippen molar-refractivity contribution in [3.8, 4) is 0 Å². The molecule has 0 radical (unpaired) electrons. The second-order valence-electron chi connectivity index (χ2n) is 6.25. The molecule has 1 N–H and O–H groups in total. The van der Waals surface area contributed by atoms with Gasteiger partial charge in [0.2, 0.25) is 0 Å². The Morgan fingerprint density at radius 3 is 2.35 bits per heavy atom. The van der Waals surface area contributed by atoms with E-state index in [1.54, 1.807) is 0 Å². The molecule has 0 bridgehead atoms. The molecule has 0 saturated heterocycles. The van der Waals surface area contributed by atoms with Crippen LogP contribution < -0.4 is 5.32 Å². The van der Waals surface area contributed by atoms with Crippen molar-refractivity contribution in [2.75, 3.05) is 13.7 Å². The highest BCUT2D eigenvalue weighted by molar-refractivity contribution is 5.81. The Hall–Kier alpha value is -0.570. The molecule has 2 atom stereocenters. The Morgan fingerprint density at radius 1 is 1.29 bits per heavy atom. The van der Waals surface area contributed by atoms with E-state index in [2.05, 4.69) is 19.2 Å². The molecule has 0 aromatic heterocycles. The predicted octanol–water partition coefficient (Wildman–Crippen LogP) is 2.35. The quantitative estimate of drug-likeness (QED) is 0.765. The minimum Gasteiger partial charge on any atom is -0.468 e. The minimum absolute atomic E-state index is 0.0588. The lowest BCUT2D eigenvalue weighted by molar-refractivity contribution is -0.151. The third kappa shape index (κ3) is 3.01. The first kappa shape index (κ1) is 12.9. The fourth-order valence-electron chi connectivity index (χ4n) is 3.37. The van der Waals surface area contributed by atoms with Gasteiger partial charge in [-0.25, -0.2) is 0 Å². The Balaban J connectivity index is 2.06. The summed E-state index contributed by atoms with van der Waals surface area (Å²) in [7, 11) is 1.51. The molecule has 0 aromatic rings. The van der Waals surface area contributed by atoms with Gasteiger partial charge in [-0.2, -0.15) is 0 Å². The molecule has 0 heterocycles. The van der Waals surface area contributed by atoms with Crippen molar-refractivity contribution in [1.82, 2.24) is 5.32 Å². The van der Waals surface area contributed by atoms with Gasteiger partial charge in [0.25, 0.3) is 0 Å². The molecule has 0 aromatic carbocycles. The van der Waals surface area contributed by atoms with Gasteiger partial charge in [0, 0.05) is 0 Å². The van der Waals surface area contributed by atoms with E-state index in [4.69, 9.17) is 4.74 Å². The minimum atomic E-state index is -0.408. The molecule has 3 heteroatoms. The zero-order valence-corrected chi connectivity index (χ0v) is 11.3. The van der Waals surface area contributed by atoms with Crippen molar-refractivity contribution in [3.63, 3.8) is 0 Å². The Kier molecular flexibility index (Phi) is 3.76. The Morgan fingerprint density at radius 2 is 1.88 bits per heavy atom. The van der Waals surface area contributed by atoms with Crippen molar-refractivity contribution < 1.29 is 9.53 Å². The van der Waals surface area contributed by atoms with Crippen LogP contribution in [0.3, 0.4) is 0 Å². The van der Waals surface area contributed by atoms with E-state index in [-0.39, 0.29) is 5.97 Å². The number of hydrogen-bond donors (Lipinski definition) is 1. The summed E-state index contributed by atoms with van der Waals surface area (Å²) in [6.07, 6.45) is 5.71. The van der Waals surface area contributed by atoms with E-state index >= 15 is 0 Å². The second-order valence-corrected chi connectivity index (χ2v) is 6.25. The SMILES string of the molecule is COC(=O)C1(NCC2CC2)CC(C)CC(C)C1. The summed E-state index contributed by atoms with van der Waals surface area (Å²) in [4.78, 5) is 12.1. The number of rotatable bonds is 4. The van der Waals surface area contributed by atoms with Crippen LogP contribution in [0, 0.1) is 17.8 Å². The highest BCUT2D eigenvalue weighted by Crippen LogP contribution is 2.38. The van der Waals surface area contributed by atoms with Gasteiger partial charge in [-0.05, 0) is 56.4 Å². The number of hydrogen-bond acceptors (Lipinski definition) is 3. The summed E-state index contributed by atoms with van der Waals surface area (Å²) < 4.78 is 5.04. The van der Waals surface area contributed by atoms with Gasteiger partial charge in [-0.1, -0.05) is 13.8 Å². The number of carbonyl (C=O) groups is 1. The summed E-state index contributed by atoms with van der Waals surface area (Å²) in [6.45, 7) is 5.47. The maximum absolute atomic E-state index is 12.1. The van der Waals surface area contributed by atoms with Crippen molar-refractivity contribution in [2.45, 2.75) is 51.5 Å². The molecule has 2 aliphatic carbocycles. The van der Waals surface area contributed by atoms with Crippen LogP contribution in [-0.4, -0.2) is 25.2 Å². The monoisotopic (exact) mass is 239 g/mol. The highest BCUT2D eigenvalue weighted by atomic mass is 16.5. The molecule has 98 valence electrons. The van der Waals surface area contributed by atoms with Crippen molar-refractivity contribution in [2.24, 2.45) is 17.8 Å². The van der Waals surface area contributed by atoms with Crippen LogP contribution in [-0.2, 0) is 9.53 Å². The number of ether oxygens (including phenoxy) is 1. The lowest BCUT2D eigenvalue weighted by atomic mass is 9.71. The second kappa shape index (κ2) is 4.97. The Labute approximate surface area is 104 Å². The zero-order chi connectivity index (χ0) is 12.5. The summed E-state index contributed by atoms with van der Waals surface area (Å²) in [5.41, 5.74) is -0.408. The first-order valence-electron chi connectivity index (χ1n) is 6.89. The van der Waals surface area contributed by atoms with Crippen LogP contribution in [0.4, 0.5) is 0 Å². The maximum Gasteiger partial charge on any atom is 0.326 e. The molecule has 2 fully saturated rings. The van der Waals surface area contributed by atoms with Gasteiger partial charge < -0.3 is 10.1 Å². The van der Waals surface area contributed by atoms with Crippen LogP contribution in [0.25, 0.3) is 0 Å². The fraction of sp³-hybridized carbons (Fsp3) is 0.929. The number of methoxy groups -OCH3 is 1. The van der Waals surface area contributed by atoms with E-state index in [1.165, 1.54) is 26.4 Å². The molecule has 17 heavy (non-hydrogen) atoms. The summed E-state index contributed by atoms with van der Waals surface area (Å²) in [5.74, 6) is 1.94. The number of carbonyl (C=O) groups excluding carboxylic acids is 1. The largest absolute Gasteiger partial charge is 0.468 e. The van der Waals surface area contributed by atoms with Gasteiger partial charge >= 0.3 is 5.97 Å². The average Bonchev–Trinajstić information content (AvgIpc) is 3.07. The zero-order valence-electron chi connectivity index (χ0n) is 11.3. The highest BCUT2D eigenvalue weighted by Gasteiger charge is 2.45. The smallest absolute Gasteiger partial charge is 0.326 e. The molecular formula is C14H25NO2. The van der Waals surface area contributed by atoms with Gasteiger partial charge in [-0.3, -0.25) is 4.79 Å². The third-order valence-corrected chi connectivity index (χ3v) is 4.20. The molecule has 2 aliphatic rings. The Bertz CT molecular complexity index is 276.